The highest BCUT2D eigenvalue weighted by molar-refractivity contribution is 5.95. The number of H-pyrrole nitrogens is 1. The van der Waals surface area contributed by atoms with Crippen molar-refractivity contribution in [3.8, 4) is 17.1 Å². The van der Waals surface area contributed by atoms with Gasteiger partial charge in [-0.25, -0.2) is 9.97 Å². The molecule has 4 aromatic rings. The molecule has 0 atom stereocenters. The van der Waals surface area contributed by atoms with Crippen molar-refractivity contribution < 1.29 is 4.74 Å². The van der Waals surface area contributed by atoms with Crippen molar-refractivity contribution in [2.45, 2.75) is 19.9 Å². The number of para-hydroxylation sites is 1. The molecule has 2 aromatic heterocycles. The molecule has 2 N–H and O–H groups in total. The molecule has 0 saturated heterocycles. The van der Waals surface area contributed by atoms with Gasteiger partial charge in [0.2, 0.25) is 0 Å². The monoisotopic (exact) mass is 356 g/mol. The minimum absolute atomic E-state index is 0.653. The maximum atomic E-state index is 5.81. The molecule has 27 heavy (non-hydrogen) atoms. The Kier molecular flexibility index (Phi) is 3.78. The Balaban J connectivity index is 1.58. The minimum atomic E-state index is 0.653. The van der Waals surface area contributed by atoms with E-state index in [1.54, 1.807) is 0 Å². The van der Waals surface area contributed by atoms with Gasteiger partial charge in [-0.2, -0.15) is 0 Å². The number of rotatable bonds is 4. The van der Waals surface area contributed by atoms with Crippen LogP contribution in [0.3, 0.4) is 0 Å². The van der Waals surface area contributed by atoms with E-state index in [1.807, 2.05) is 30.3 Å². The summed E-state index contributed by atoms with van der Waals surface area (Å²) in [7, 11) is 0. The summed E-state index contributed by atoms with van der Waals surface area (Å²) in [5.74, 6) is 2.29. The van der Waals surface area contributed by atoms with Gasteiger partial charge in [0.15, 0.2) is 17.4 Å². The van der Waals surface area contributed by atoms with Gasteiger partial charge in [-0.1, -0.05) is 48.5 Å². The Hall–Kier alpha value is -3.34. The molecular formula is C22H20N4O. The van der Waals surface area contributed by atoms with Crippen LogP contribution in [0.1, 0.15) is 17.0 Å². The SMILES string of the molecule is Cc1[nH]c2ccccc2c1-c1nc2c(c(NCc3ccccc3)n1)OCC2. The van der Waals surface area contributed by atoms with Gasteiger partial charge in [0.1, 0.15) is 0 Å². The first-order chi connectivity index (χ1) is 13.3. The summed E-state index contributed by atoms with van der Waals surface area (Å²) in [4.78, 5) is 13.1. The minimum Gasteiger partial charge on any atom is -0.487 e. The zero-order chi connectivity index (χ0) is 18.2. The van der Waals surface area contributed by atoms with Gasteiger partial charge in [-0.15, -0.1) is 0 Å². The highest BCUT2D eigenvalue weighted by Crippen LogP contribution is 2.36. The quantitative estimate of drug-likeness (QED) is 0.566. The first-order valence-electron chi connectivity index (χ1n) is 9.19. The average Bonchev–Trinajstić information content (AvgIpc) is 3.30. The molecule has 5 nitrogen and oxygen atoms in total. The summed E-state index contributed by atoms with van der Waals surface area (Å²) in [6.07, 6.45) is 0.812. The molecular weight excluding hydrogens is 336 g/mol. The number of benzene rings is 2. The second kappa shape index (κ2) is 6.43. The van der Waals surface area contributed by atoms with E-state index in [1.165, 1.54) is 5.56 Å². The van der Waals surface area contributed by atoms with Crippen LogP contribution in [0.25, 0.3) is 22.3 Å². The zero-order valence-electron chi connectivity index (χ0n) is 15.1. The van der Waals surface area contributed by atoms with Crippen LogP contribution in [-0.2, 0) is 13.0 Å². The van der Waals surface area contributed by atoms with Crippen molar-refractivity contribution >= 4 is 16.7 Å². The Labute approximate surface area is 157 Å². The number of fused-ring (bicyclic) bond motifs is 2. The molecule has 0 aliphatic carbocycles. The van der Waals surface area contributed by atoms with E-state index in [0.717, 1.165) is 51.7 Å². The molecule has 3 heterocycles. The largest absolute Gasteiger partial charge is 0.487 e. The molecule has 5 rings (SSSR count). The molecule has 134 valence electrons. The summed E-state index contributed by atoms with van der Waals surface area (Å²) in [6.45, 7) is 3.42. The van der Waals surface area contributed by atoms with Gasteiger partial charge in [-0.3, -0.25) is 0 Å². The van der Waals surface area contributed by atoms with E-state index in [4.69, 9.17) is 14.7 Å². The number of hydrogen-bond donors (Lipinski definition) is 2. The molecule has 0 spiro atoms. The molecule has 1 aliphatic rings. The molecule has 0 bridgehead atoms. The number of hydrogen-bond acceptors (Lipinski definition) is 4. The third kappa shape index (κ3) is 2.81. The predicted molar refractivity (Wildman–Crippen MR) is 107 cm³/mol. The molecule has 0 fully saturated rings. The Morgan fingerprint density at radius 3 is 2.74 bits per heavy atom. The first kappa shape index (κ1) is 15.9. The number of nitrogens with one attached hydrogen (secondary N) is 2. The average molecular weight is 356 g/mol. The van der Waals surface area contributed by atoms with Crippen molar-refractivity contribution in [2.75, 3.05) is 11.9 Å². The second-order valence-corrected chi connectivity index (χ2v) is 6.78. The van der Waals surface area contributed by atoms with Gasteiger partial charge in [0.25, 0.3) is 0 Å². The van der Waals surface area contributed by atoms with E-state index < -0.39 is 0 Å². The number of ether oxygens (including phenoxy) is 1. The standard InChI is InChI=1S/C22H20N4O/c1-14-19(16-9-5-6-10-17(16)24-14)21-25-18-11-12-27-20(18)22(26-21)23-13-15-7-3-2-4-8-15/h2-10,24H,11-13H2,1H3,(H,23,25,26). The molecule has 0 amide bonds. The molecule has 2 aromatic carbocycles. The van der Waals surface area contributed by atoms with Gasteiger partial charge in [0.05, 0.1) is 12.3 Å². The van der Waals surface area contributed by atoms with Gasteiger partial charge in [-0.05, 0) is 18.6 Å². The lowest BCUT2D eigenvalue weighted by Crippen LogP contribution is -2.05. The number of aromatic nitrogens is 3. The number of aryl methyl sites for hydroxylation is 1. The molecule has 1 aliphatic heterocycles. The number of anilines is 1. The van der Waals surface area contributed by atoms with Gasteiger partial charge in [0, 0.05) is 35.1 Å². The fourth-order valence-corrected chi connectivity index (χ4v) is 3.65. The topological polar surface area (TPSA) is 62.8 Å². The van der Waals surface area contributed by atoms with E-state index in [0.29, 0.717) is 13.2 Å². The van der Waals surface area contributed by atoms with Crippen molar-refractivity contribution in [1.29, 1.82) is 0 Å². The summed E-state index contributed by atoms with van der Waals surface area (Å²) < 4.78 is 5.81. The second-order valence-electron chi connectivity index (χ2n) is 6.78. The van der Waals surface area contributed by atoms with Crippen molar-refractivity contribution in [3.63, 3.8) is 0 Å². The van der Waals surface area contributed by atoms with Crippen molar-refractivity contribution in [2.24, 2.45) is 0 Å². The highest BCUT2D eigenvalue weighted by atomic mass is 16.5. The zero-order valence-corrected chi connectivity index (χ0v) is 15.1. The van der Waals surface area contributed by atoms with Crippen LogP contribution in [0.4, 0.5) is 5.82 Å². The summed E-state index contributed by atoms with van der Waals surface area (Å²) in [5, 5.41) is 4.59. The molecule has 0 saturated carbocycles. The summed E-state index contributed by atoms with van der Waals surface area (Å²) in [6, 6.07) is 18.6. The molecule has 0 radical (unpaired) electrons. The van der Waals surface area contributed by atoms with Crippen LogP contribution in [0, 0.1) is 6.92 Å². The lowest BCUT2D eigenvalue weighted by atomic mass is 10.1. The van der Waals surface area contributed by atoms with Crippen LogP contribution in [0.5, 0.6) is 5.75 Å². The third-order valence-electron chi connectivity index (χ3n) is 4.94. The lowest BCUT2D eigenvalue weighted by Gasteiger charge is -2.12. The van der Waals surface area contributed by atoms with Crippen LogP contribution >= 0.6 is 0 Å². The fraction of sp³-hybridized carbons (Fsp3) is 0.182. The smallest absolute Gasteiger partial charge is 0.183 e. The number of nitrogens with zero attached hydrogens (tertiary/aromatic N) is 2. The predicted octanol–water partition coefficient (Wildman–Crippen LogP) is 4.48. The van der Waals surface area contributed by atoms with Crippen molar-refractivity contribution in [3.05, 3.63) is 71.5 Å². The first-order valence-corrected chi connectivity index (χ1v) is 9.19. The van der Waals surface area contributed by atoms with Crippen LogP contribution in [0.2, 0.25) is 0 Å². The van der Waals surface area contributed by atoms with Crippen LogP contribution in [-0.4, -0.2) is 21.6 Å². The maximum absolute atomic E-state index is 5.81. The van der Waals surface area contributed by atoms with E-state index >= 15 is 0 Å². The molecule has 0 unspecified atom stereocenters. The Morgan fingerprint density at radius 1 is 1.04 bits per heavy atom. The summed E-state index contributed by atoms with van der Waals surface area (Å²) >= 11 is 0. The third-order valence-corrected chi connectivity index (χ3v) is 4.94. The van der Waals surface area contributed by atoms with Crippen LogP contribution < -0.4 is 10.1 Å². The van der Waals surface area contributed by atoms with Gasteiger partial charge < -0.3 is 15.0 Å². The Bertz CT molecular complexity index is 1120. The normalized spacial score (nSPS) is 12.8. The fourth-order valence-electron chi connectivity index (χ4n) is 3.65. The Morgan fingerprint density at radius 2 is 1.85 bits per heavy atom. The lowest BCUT2D eigenvalue weighted by molar-refractivity contribution is 0.357. The van der Waals surface area contributed by atoms with E-state index in [-0.39, 0.29) is 0 Å². The highest BCUT2D eigenvalue weighted by Gasteiger charge is 2.23. The van der Waals surface area contributed by atoms with Crippen molar-refractivity contribution in [1.82, 2.24) is 15.0 Å². The van der Waals surface area contributed by atoms with E-state index in [9.17, 15) is 0 Å². The summed E-state index contributed by atoms with van der Waals surface area (Å²) in [5.41, 5.74) is 5.41. The molecule has 5 heteroatoms. The maximum Gasteiger partial charge on any atom is 0.183 e. The van der Waals surface area contributed by atoms with Crippen LogP contribution in [0.15, 0.2) is 54.6 Å². The van der Waals surface area contributed by atoms with E-state index in [2.05, 4.69) is 41.5 Å². The number of aromatic amines is 1. The van der Waals surface area contributed by atoms with Gasteiger partial charge >= 0.3 is 0 Å².